The summed E-state index contributed by atoms with van der Waals surface area (Å²) in [7, 11) is 0. The molecule has 0 aliphatic heterocycles. The number of hydrogen-bond acceptors (Lipinski definition) is 2. The largest absolute Gasteiger partial charge is 0.254 e. The highest BCUT2D eigenvalue weighted by atomic mass is 31.2. The minimum atomic E-state index is -2.51. The minimum absolute atomic E-state index is 0.352. The number of rotatable bonds is 7. The molecule has 2 nitrogen and oxygen atoms in total. The lowest BCUT2D eigenvalue weighted by Gasteiger charge is -2.27. The molecule has 6 rings (SSSR count). The molecule has 0 aliphatic rings. The second-order valence-electron chi connectivity index (χ2n) is 10.3. The fourth-order valence-electron chi connectivity index (χ4n) is 5.20. The summed E-state index contributed by atoms with van der Waals surface area (Å²) in [6.07, 6.45) is 12.7. The highest BCUT2D eigenvalue weighted by Crippen LogP contribution is 2.43. The molecule has 0 aliphatic carbocycles. The molecule has 0 spiro atoms. The van der Waals surface area contributed by atoms with E-state index in [1.807, 2.05) is 24.3 Å². The van der Waals surface area contributed by atoms with E-state index in [4.69, 9.17) is 9.97 Å². The summed E-state index contributed by atoms with van der Waals surface area (Å²) in [4.78, 5) is 9.43. The van der Waals surface area contributed by atoms with Crippen molar-refractivity contribution < 1.29 is 17.6 Å². The highest BCUT2D eigenvalue weighted by Gasteiger charge is 2.25. The summed E-state index contributed by atoms with van der Waals surface area (Å²) < 4.78 is 55.2. The molecule has 44 heavy (non-hydrogen) atoms. The van der Waals surface area contributed by atoms with E-state index in [0.29, 0.717) is 11.4 Å². The molecule has 2 aromatic heterocycles. The lowest BCUT2D eigenvalue weighted by molar-refractivity contribution is 0.628. The lowest BCUT2D eigenvalue weighted by atomic mass is 10.2. The zero-order valence-corrected chi connectivity index (χ0v) is 25.2. The Morgan fingerprint density at radius 2 is 0.568 bits per heavy atom. The number of halogens is 4. The predicted molar refractivity (Wildman–Crippen MR) is 179 cm³/mol. The highest BCUT2D eigenvalue weighted by molar-refractivity contribution is 7.93. The van der Waals surface area contributed by atoms with Gasteiger partial charge in [-0.3, -0.25) is 9.97 Å². The number of benzene rings is 4. The van der Waals surface area contributed by atoms with Crippen LogP contribution in [-0.4, -0.2) is 22.6 Å². The molecule has 0 bridgehead atoms. The Hall–Kier alpha value is -4.50. The summed E-state index contributed by atoms with van der Waals surface area (Å²) >= 11 is 0. The van der Waals surface area contributed by atoms with Gasteiger partial charge in [0.15, 0.2) is 0 Å². The van der Waals surface area contributed by atoms with E-state index in [1.165, 1.54) is 48.5 Å². The van der Waals surface area contributed by atoms with Gasteiger partial charge in [-0.1, -0.05) is 73.3 Å². The molecule has 8 heteroatoms. The molecule has 0 atom stereocenters. The Bertz CT molecular complexity index is 1760. The van der Waals surface area contributed by atoms with Gasteiger partial charge in [0.05, 0.1) is 11.4 Å². The average molecular weight is 625 g/mol. The van der Waals surface area contributed by atoms with E-state index in [9.17, 15) is 17.6 Å². The van der Waals surface area contributed by atoms with Crippen LogP contribution >= 0.6 is 13.8 Å². The first kappa shape index (κ1) is 29.6. The minimum Gasteiger partial charge on any atom is -0.254 e. The van der Waals surface area contributed by atoms with Crippen LogP contribution in [0, 0.1) is 23.3 Å². The van der Waals surface area contributed by atoms with Crippen molar-refractivity contribution in [1.82, 2.24) is 9.97 Å². The molecule has 218 valence electrons. The Labute approximate surface area is 253 Å². The quantitative estimate of drug-likeness (QED) is 0.157. The van der Waals surface area contributed by atoms with E-state index >= 15 is 0 Å². The van der Waals surface area contributed by atoms with Crippen LogP contribution < -0.4 is 31.8 Å². The van der Waals surface area contributed by atoms with Crippen molar-refractivity contribution in [3.63, 3.8) is 0 Å². The van der Waals surface area contributed by atoms with Crippen LogP contribution in [0.2, 0.25) is 0 Å². The van der Waals surface area contributed by atoms with Crippen molar-refractivity contribution in [2.75, 3.05) is 0 Å². The van der Waals surface area contributed by atoms with Crippen molar-refractivity contribution in [3.05, 3.63) is 157 Å². The topological polar surface area (TPSA) is 25.8 Å². The van der Waals surface area contributed by atoms with Crippen LogP contribution in [0.25, 0.3) is 11.4 Å². The first-order chi connectivity index (χ1) is 21.2. The monoisotopic (exact) mass is 624 g/mol. The standard InChI is InChI=1S/C36H26F4N2P2/c1-43(29-11-3-25(37)4-12-29,30-13-5-26(38)6-14-30)33-19-21-35(41-23-33)36-22-20-34(24-42-36)44(2,31-15-7-27(39)8-16-31)32-17-9-28(40)10-18-32/h3-24H,1-2H2. The summed E-state index contributed by atoms with van der Waals surface area (Å²) in [6, 6.07) is 32.5. The Morgan fingerprint density at radius 3 is 0.773 bits per heavy atom. The van der Waals surface area contributed by atoms with Crippen molar-refractivity contribution in [3.8, 4) is 11.4 Å². The van der Waals surface area contributed by atoms with Gasteiger partial charge in [0, 0.05) is 23.0 Å². The second-order valence-corrected chi connectivity index (χ2v) is 16.7. The molecule has 6 aromatic rings. The van der Waals surface area contributed by atoms with Gasteiger partial charge in [0.25, 0.3) is 0 Å². The van der Waals surface area contributed by atoms with E-state index < -0.39 is 13.8 Å². The van der Waals surface area contributed by atoms with Crippen LogP contribution in [-0.2, 0) is 0 Å². The number of nitrogens with zero attached hydrogens (tertiary/aromatic N) is 2. The number of pyridine rings is 2. The van der Waals surface area contributed by atoms with E-state index in [0.717, 1.165) is 31.8 Å². The third-order valence-corrected chi connectivity index (χ3v) is 14.7. The Balaban J connectivity index is 1.38. The fraction of sp³-hybridized carbons (Fsp3) is 0. The summed E-state index contributed by atoms with van der Waals surface area (Å²) in [5, 5.41) is 5.01. The average Bonchev–Trinajstić information content (AvgIpc) is 3.05. The maximum absolute atomic E-state index is 13.8. The van der Waals surface area contributed by atoms with Crippen molar-refractivity contribution >= 4 is 58.2 Å². The molecule has 2 heterocycles. The smallest absolute Gasteiger partial charge is 0.123 e. The molecule has 0 N–H and O–H groups in total. The Kier molecular flexibility index (Phi) is 7.98. The van der Waals surface area contributed by atoms with Crippen LogP contribution in [0.3, 0.4) is 0 Å². The lowest BCUT2D eigenvalue weighted by Crippen LogP contribution is -2.26. The van der Waals surface area contributed by atoms with Crippen molar-refractivity contribution in [1.29, 1.82) is 0 Å². The first-order valence-corrected chi connectivity index (χ1v) is 17.6. The molecule has 0 saturated heterocycles. The molecule has 0 unspecified atom stereocenters. The SMILES string of the molecule is C=P(c1ccc(F)cc1)(c1ccc(F)cc1)c1ccc(-c2ccc(P(=C)(c3ccc(F)cc3)c3ccc(F)cc3)cn2)nc1. The van der Waals surface area contributed by atoms with Gasteiger partial charge in [0.1, 0.15) is 23.3 Å². The molecular weight excluding hydrogens is 598 g/mol. The third kappa shape index (κ3) is 5.48. The van der Waals surface area contributed by atoms with Gasteiger partial charge in [-0.05, 0) is 95.7 Å². The van der Waals surface area contributed by atoms with E-state index in [2.05, 4.69) is 12.6 Å². The van der Waals surface area contributed by atoms with E-state index in [-0.39, 0.29) is 23.3 Å². The van der Waals surface area contributed by atoms with Crippen molar-refractivity contribution in [2.45, 2.75) is 0 Å². The van der Waals surface area contributed by atoms with E-state index in [1.54, 1.807) is 60.9 Å². The third-order valence-electron chi connectivity index (χ3n) is 7.71. The zero-order chi connectivity index (χ0) is 30.9. The van der Waals surface area contributed by atoms with Gasteiger partial charge in [-0.15, -0.1) is 0 Å². The number of hydrogen-bond donors (Lipinski definition) is 0. The molecule has 0 fully saturated rings. The molecular formula is C36H26F4N2P2. The normalized spacial score (nSPS) is 11.8. The molecule has 4 aromatic carbocycles. The van der Waals surface area contributed by atoms with Gasteiger partial charge in [0.2, 0.25) is 0 Å². The second kappa shape index (κ2) is 11.9. The maximum Gasteiger partial charge on any atom is 0.123 e. The zero-order valence-electron chi connectivity index (χ0n) is 23.4. The van der Waals surface area contributed by atoms with Crippen LogP contribution in [0.5, 0.6) is 0 Å². The van der Waals surface area contributed by atoms with Crippen LogP contribution in [0.4, 0.5) is 17.6 Å². The fourth-order valence-corrected chi connectivity index (χ4v) is 10.8. The number of aromatic nitrogens is 2. The molecule has 0 radical (unpaired) electrons. The summed E-state index contributed by atoms with van der Waals surface area (Å²) in [5.41, 5.74) is 1.25. The van der Waals surface area contributed by atoms with Gasteiger partial charge < -0.3 is 0 Å². The maximum atomic E-state index is 13.8. The van der Waals surface area contributed by atoms with Crippen LogP contribution in [0.15, 0.2) is 134 Å². The summed E-state index contributed by atoms with van der Waals surface area (Å²) in [5.74, 6) is -1.41. The van der Waals surface area contributed by atoms with Gasteiger partial charge >= 0.3 is 0 Å². The van der Waals surface area contributed by atoms with Crippen molar-refractivity contribution in [2.24, 2.45) is 0 Å². The molecule has 0 amide bonds. The first-order valence-electron chi connectivity index (χ1n) is 13.6. The molecule has 0 saturated carbocycles. The van der Waals surface area contributed by atoms with Gasteiger partial charge in [-0.25, -0.2) is 17.6 Å². The summed E-state index contributed by atoms with van der Waals surface area (Å²) in [6.45, 7) is -5.01. The predicted octanol–water partition coefficient (Wildman–Crippen LogP) is 6.15. The Morgan fingerprint density at radius 1 is 0.341 bits per heavy atom. The van der Waals surface area contributed by atoms with Gasteiger partial charge in [-0.2, -0.15) is 0 Å². The van der Waals surface area contributed by atoms with Crippen LogP contribution in [0.1, 0.15) is 0 Å².